The van der Waals surface area contributed by atoms with E-state index in [1.807, 2.05) is 33.8 Å². The van der Waals surface area contributed by atoms with Crippen molar-refractivity contribution in [2.75, 3.05) is 20.1 Å². The van der Waals surface area contributed by atoms with Crippen LogP contribution in [0.4, 0.5) is 0 Å². The predicted octanol–water partition coefficient (Wildman–Crippen LogP) is 3.69. The third kappa shape index (κ3) is 11.2. The van der Waals surface area contributed by atoms with Crippen molar-refractivity contribution >= 4 is 6.29 Å². The summed E-state index contributed by atoms with van der Waals surface area (Å²) in [7, 11) is 2.12. The van der Waals surface area contributed by atoms with Gasteiger partial charge in [-0.25, -0.2) is 0 Å². The number of likely N-dealkylation sites (N-methyl/N-ethyl adjacent to an activating group) is 1. The van der Waals surface area contributed by atoms with Gasteiger partial charge in [0.1, 0.15) is 6.29 Å². The average molecular weight is 227 g/mol. The second-order valence-corrected chi connectivity index (χ2v) is 2.92. The molecular weight excluding hydrogens is 198 g/mol. The lowest BCUT2D eigenvalue weighted by molar-refractivity contribution is -0.106. The van der Waals surface area contributed by atoms with Crippen LogP contribution in [0.1, 0.15) is 41.5 Å². The van der Waals surface area contributed by atoms with Crippen LogP contribution in [0.25, 0.3) is 0 Å². The number of carbonyl (C=O) groups excluding carboxylic acids is 1. The van der Waals surface area contributed by atoms with Crippen molar-refractivity contribution < 1.29 is 4.79 Å². The lowest BCUT2D eigenvalue weighted by Gasteiger charge is -2.04. The molecule has 2 nitrogen and oxygen atoms in total. The maximum Gasteiger partial charge on any atom is 0.116 e. The average Bonchev–Trinajstić information content (AvgIpc) is 2.64. The zero-order valence-corrected chi connectivity index (χ0v) is 12.1. The van der Waals surface area contributed by atoms with Crippen molar-refractivity contribution in [2.45, 2.75) is 41.5 Å². The van der Waals surface area contributed by atoms with Gasteiger partial charge in [0, 0.05) is 13.1 Å². The van der Waals surface area contributed by atoms with E-state index in [0.29, 0.717) is 0 Å². The minimum Gasteiger partial charge on any atom is -0.304 e. The molecule has 0 saturated carbocycles. The van der Waals surface area contributed by atoms with Crippen LogP contribution in [0.3, 0.4) is 0 Å². The topological polar surface area (TPSA) is 20.3 Å². The highest BCUT2D eigenvalue weighted by atomic mass is 16.1. The first-order valence-corrected chi connectivity index (χ1v) is 6.05. The Balaban J connectivity index is -0.000000206. The van der Waals surface area contributed by atoms with E-state index in [2.05, 4.69) is 25.5 Å². The van der Waals surface area contributed by atoms with Crippen LogP contribution >= 0.6 is 0 Å². The monoisotopic (exact) mass is 227 g/mol. The first-order chi connectivity index (χ1) is 7.65. The number of nitrogens with zero attached hydrogens (tertiary/aromatic N) is 1. The molecule has 0 fully saturated rings. The van der Waals surface area contributed by atoms with E-state index in [1.165, 1.54) is 18.1 Å². The molecule has 0 bridgehead atoms. The summed E-state index contributed by atoms with van der Waals surface area (Å²) in [4.78, 5) is 11.1. The van der Waals surface area contributed by atoms with E-state index in [4.69, 9.17) is 4.79 Å². The SMILES string of the molecule is C=CC1=C(C)CN(C)C1.CC.CC.CC=O. The quantitative estimate of drug-likeness (QED) is 0.637. The van der Waals surface area contributed by atoms with Gasteiger partial charge in [-0.2, -0.15) is 0 Å². The van der Waals surface area contributed by atoms with Crippen molar-refractivity contribution in [1.82, 2.24) is 4.90 Å². The van der Waals surface area contributed by atoms with E-state index in [9.17, 15) is 0 Å². The van der Waals surface area contributed by atoms with E-state index >= 15 is 0 Å². The molecule has 2 heteroatoms. The summed E-state index contributed by atoms with van der Waals surface area (Å²) in [5.74, 6) is 0. The van der Waals surface area contributed by atoms with Gasteiger partial charge in [0.2, 0.25) is 0 Å². The van der Waals surface area contributed by atoms with Gasteiger partial charge in [-0.15, -0.1) is 0 Å². The van der Waals surface area contributed by atoms with Crippen LogP contribution in [-0.4, -0.2) is 31.3 Å². The zero-order valence-electron chi connectivity index (χ0n) is 12.1. The number of hydrogen-bond acceptors (Lipinski definition) is 2. The van der Waals surface area contributed by atoms with Crippen LogP contribution in [0.2, 0.25) is 0 Å². The molecule has 0 N–H and O–H groups in total. The fraction of sp³-hybridized carbons (Fsp3) is 0.643. The van der Waals surface area contributed by atoms with Crippen molar-refractivity contribution in [1.29, 1.82) is 0 Å². The Hall–Kier alpha value is -0.890. The van der Waals surface area contributed by atoms with Crippen LogP contribution in [0.15, 0.2) is 23.8 Å². The minimum absolute atomic E-state index is 0.750. The Morgan fingerprint density at radius 2 is 1.56 bits per heavy atom. The smallest absolute Gasteiger partial charge is 0.116 e. The molecule has 0 aromatic carbocycles. The molecule has 0 spiro atoms. The number of rotatable bonds is 1. The van der Waals surface area contributed by atoms with Gasteiger partial charge >= 0.3 is 0 Å². The summed E-state index contributed by atoms with van der Waals surface area (Å²) in [6.45, 7) is 17.5. The van der Waals surface area contributed by atoms with E-state index in [1.54, 1.807) is 0 Å². The van der Waals surface area contributed by atoms with Crippen LogP contribution in [-0.2, 0) is 4.79 Å². The van der Waals surface area contributed by atoms with Gasteiger partial charge in [0.15, 0.2) is 0 Å². The molecule has 1 aliphatic rings. The normalized spacial score (nSPS) is 13.4. The summed E-state index contributed by atoms with van der Waals surface area (Å²) in [5, 5.41) is 0. The third-order valence-electron chi connectivity index (χ3n) is 1.74. The number of hydrogen-bond donors (Lipinski definition) is 0. The molecule has 1 aliphatic heterocycles. The summed E-state index contributed by atoms with van der Waals surface area (Å²) in [6, 6.07) is 0. The van der Waals surface area contributed by atoms with Gasteiger partial charge in [0.05, 0.1) is 0 Å². The Labute approximate surface area is 102 Å². The van der Waals surface area contributed by atoms with Crippen molar-refractivity contribution in [3.63, 3.8) is 0 Å². The maximum atomic E-state index is 8.81. The molecule has 0 unspecified atom stereocenters. The van der Waals surface area contributed by atoms with E-state index in [0.717, 1.165) is 19.4 Å². The van der Waals surface area contributed by atoms with E-state index < -0.39 is 0 Å². The van der Waals surface area contributed by atoms with Crippen molar-refractivity contribution in [3.8, 4) is 0 Å². The van der Waals surface area contributed by atoms with Gasteiger partial charge in [-0.1, -0.05) is 45.9 Å². The second-order valence-electron chi connectivity index (χ2n) is 2.92. The summed E-state index contributed by atoms with van der Waals surface area (Å²) in [6.07, 6.45) is 2.71. The molecule has 96 valence electrons. The fourth-order valence-corrected chi connectivity index (χ4v) is 1.23. The molecule has 16 heavy (non-hydrogen) atoms. The fourth-order valence-electron chi connectivity index (χ4n) is 1.23. The molecule has 0 atom stereocenters. The molecule has 0 aliphatic carbocycles. The number of carbonyl (C=O) groups is 1. The lowest BCUT2D eigenvalue weighted by atomic mass is 10.2. The van der Waals surface area contributed by atoms with Gasteiger partial charge in [-0.05, 0) is 26.5 Å². The van der Waals surface area contributed by atoms with Crippen LogP contribution < -0.4 is 0 Å². The van der Waals surface area contributed by atoms with Gasteiger partial charge < -0.3 is 4.79 Å². The first-order valence-electron chi connectivity index (χ1n) is 6.05. The summed E-state index contributed by atoms with van der Waals surface area (Å²) < 4.78 is 0. The second kappa shape index (κ2) is 16.5. The van der Waals surface area contributed by atoms with E-state index in [-0.39, 0.29) is 0 Å². The summed E-state index contributed by atoms with van der Waals surface area (Å²) >= 11 is 0. The molecule has 0 amide bonds. The van der Waals surface area contributed by atoms with Gasteiger partial charge in [0.25, 0.3) is 0 Å². The Morgan fingerprint density at radius 3 is 1.69 bits per heavy atom. The highest BCUT2D eigenvalue weighted by Gasteiger charge is 2.11. The molecular formula is C14H29NO. The molecule has 1 heterocycles. The predicted molar refractivity (Wildman–Crippen MR) is 74.8 cm³/mol. The Morgan fingerprint density at radius 1 is 1.19 bits per heavy atom. The molecule has 0 radical (unpaired) electrons. The Bertz CT molecular complexity index is 195. The maximum absolute atomic E-state index is 8.81. The highest BCUT2D eigenvalue weighted by Crippen LogP contribution is 2.14. The largest absolute Gasteiger partial charge is 0.304 e. The van der Waals surface area contributed by atoms with Crippen LogP contribution in [0.5, 0.6) is 0 Å². The first kappa shape index (κ1) is 20.5. The molecule has 0 aromatic heterocycles. The number of aldehydes is 1. The van der Waals surface area contributed by atoms with Crippen molar-refractivity contribution in [2.24, 2.45) is 0 Å². The minimum atomic E-state index is 0.750. The standard InChI is InChI=1S/C8H13N.C2H4O.2C2H6/c1-4-8-6-9(3)5-7(8)2;1-2-3;2*1-2/h4H,1,5-6H2,2-3H3;2H,1H3;2*1-2H3. The molecule has 1 rings (SSSR count). The van der Waals surface area contributed by atoms with Crippen LogP contribution in [0, 0.1) is 0 Å². The van der Waals surface area contributed by atoms with Gasteiger partial charge in [-0.3, -0.25) is 4.90 Å². The highest BCUT2D eigenvalue weighted by molar-refractivity contribution is 5.44. The molecule has 0 aromatic rings. The lowest BCUT2D eigenvalue weighted by Crippen LogP contribution is -2.14. The summed E-state index contributed by atoms with van der Waals surface area (Å²) in [5.41, 5.74) is 2.87. The Kier molecular flexibility index (Phi) is 21.2. The van der Waals surface area contributed by atoms with Crippen molar-refractivity contribution in [3.05, 3.63) is 23.8 Å². The zero-order chi connectivity index (χ0) is 13.6. The molecule has 0 saturated heterocycles. The third-order valence-corrected chi connectivity index (χ3v) is 1.74.